The molecule has 1 aliphatic heterocycles. The summed E-state index contributed by atoms with van der Waals surface area (Å²) in [5, 5.41) is 2.85. The van der Waals surface area contributed by atoms with Crippen molar-refractivity contribution in [2.75, 3.05) is 18.4 Å². The summed E-state index contributed by atoms with van der Waals surface area (Å²) in [4.78, 5) is 12.6. The Morgan fingerprint density at radius 2 is 1.69 bits per heavy atom. The average Bonchev–Trinajstić information content (AvgIpc) is 2.64. The molecule has 0 spiro atoms. The summed E-state index contributed by atoms with van der Waals surface area (Å²) < 4.78 is 27.9. The van der Waals surface area contributed by atoms with Crippen LogP contribution in [-0.4, -0.2) is 31.7 Å². The van der Waals surface area contributed by atoms with E-state index in [9.17, 15) is 13.2 Å². The third-order valence-electron chi connectivity index (χ3n) is 4.62. The Bertz CT molecular complexity index is 889. The van der Waals surface area contributed by atoms with E-state index in [1.54, 1.807) is 12.1 Å². The number of halogens is 1. The highest BCUT2D eigenvalue weighted by Gasteiger charge is 2.28. The molecule has 138 valence electrons. The van der Waals surface area contributed by atoms with Gasteiger partial charge in [0.1, 0.15) is 0 Å². The van der Waals surface area contributed by atoms with Gasteiger partial charge in [0.25, 0.3) is 5.91 Å². The minimum absolute atomic E-state index is 0.234. The van der Waals surface area contributed by atoms with E-state index in [1.807, 2.05) is 24.3 Å². The Balaban J connectivity index is 1.74. The van der Waals surface area contributed by atoms with E-state index >= 15 is 0 Å². The molecule has 1 N–H and O–H groups in total. The number of rotatable bonds is 4. The van der Waals surface area contributed by atoms with Crippen molar-refractivity contribution < 1.29 is 13.2 Å². The van der Waals surface area contributed by atoms with E-state index in [-0.39, 0.29) is 10.8 Å². The van der Waals surface area contributed by atoms with Gasteiger partial charge in [0, 0.05) is 22.2 Å². The summed E-state index contributed by atoms with van der Waals surface area (Å²) in [6.45, 7) is 3.25. The highest BCUT2D eigenvalue weighted by molar-refractivity contribution is 14.1. The number of nitrogens with one attached hydrogen (secondary N) is 1. The summed E-state index contributed by atoms with van der Waals surface area (Å²) in [5.74, 6) is 0.304. The first-order valence-electron chi connectivity index (χ1n) is 8.54. The van der Waals surface area contributed by atoms with Gasteiger partial charge >= 0.3 is 0 Å². The predicted molar refractivity (Wildman–Crippen MR) is 111 cm³/mol. The lowest BCUT2D eigenvalue weighted by atomic mass is 10.0. The standard InChI is InChI=1S/C19H21IN2O3S/c1-14-10-12-22(13-11-14)26(24,25)16-8-6-15(7-9-16)19(23)21-18-5-3-2-4-17(18)20/h2-9,14H,10-13H2,1H3,(H,21,23). The van der Waals surface area contributed by atoms with Crippen molar-refractivity contribution in [1.29, 1.82) is 0 Å². The number of para-hydroxylation sites is 1. The van der Waals surface area contributed by atoms with Gasteiger partial charge in [-0.25, -0.2) is 8.42 Å². The zero-order valence-electron chi connectivity index (χ0n) is 14.5. The number of anilines is 1. The van der Waals surface area contributed by atoms with Crippen molar-refractivity contribution in [1.82, 2.24) is 4.31 Å². The summed E-state index contributed by atoms with van der Waals surface area (Å²) in [6, 6.07) is 13.6. The van der Waals surface area contributed by atoms with Crippen LogP contribution in [0.25, 0.3) is 0 Å². The second kappa shape index (κ2) is 8.06. The summed E-state index contributed by atoms with van der Waals surface area (Å²) in [7, 11) is -3.49. The van der Waals surface area contributed by atoms with Crippen LogP contribution < -0.4 is 5.32 Å². The molecule has 0 atom stereocenters. The Hall–Kier alpha value is -1.45. The molecule has 1 saturated heterocycles. The fourth-order valence-corrected chi connectivity index (χ4v) is 4.90. The van der Waals surface area contributed by atoms with Gasteiger partial charge in [-0.1, -0.05) is 19.1 Å². The maximum Gasteiger partial charge on any atom is 0.255 e. The van der Waals surface area contributed by atoms with Crippen LogP contribution in [0.2, 0.25) is 0 Å². The van der Waals surface area contributed by atoms with E-state index in [0.717, 1.165) is 22.1 Å². The van der Waals surface area contributed by atoms with Crippen molar-refractivity contribution >= 4 is 44.2 Å². The van der Waals surface area contributed by atoms with Crippen LogP contribution in [0.3, 0.4) is 0 Å². The quantitative estimate of drug-likeness (QED) is 0.669. The minimum atomic E-state index is -3.49. The molecule has 0 aromatic heterocycles. The molecule has 26 heavy (non-hydrogen) atoms. The predicted octanol–water partition coefficient (Wildman–Crippen LogP) is 3.96. The first-order chi connectivity index (χ1) is 12.4. The number of hydrogen-bond donors (Lipinski definition) is 1. The number of carbonyl (C=O) groups excluding carboxylic acids is 1. The van der Waals surface area contributed by atoms with Crippen LogP contribution in [0.5, 0.6) is 0 Å². The van der Waals surface area contributed by atoms with Gasteiger partial charge in [0.15, 0.2) is 0 Å². The second-order valence-electron chi connectivity index (χ2n) is 6.54. The summed E-state index contributed by atoms with van der Waals surface area (Å²) in [5.41, 5.74) is 1.16. The van der Waals surface area contributed by atoms with E-state index in [0.29, 0.717) is 24.6 Å². The minimum Gasteiger partial charge on any atom is -0.321 e. The topological polar surface area (TPSA) is 66.5 Å². The fraction of sp³-hybridized carbons (Fsp3) is 0.316. The molecule has 1 fully saturated rings. The van der Waals surface area contributed by atoms with Crippen LogP contribution in [0.4, 0.5) is 5.69 Å². The molecule has 0 bridgehead atoms. The molecule has 2 aromatic carbocycles. The van der Waals surface area contributed by atoms with Crippen molar-refractivity contribution in [3.63, 3.8) is 0 Å². The second-order valence-corrected chi connectivity index (χ2v) is 9.65. The number of amides is 1. The molecule has 1 aliphatic rings. The van der Waals surface area contributed by atoms with Crippen molar-refractivity contribution in [3.05, 3.63) is 57.7 Å². The molecular weight excluding hydrogens is 463 g/mol. The van der Waals surface area contributed by atoms with Gasteiger partial charge in [-0.3, -0.25) is 4.79 Å². The molecule has 0 unspecified atom stereocenters. The third-order valence-corrected chi connectivity index (χ3v) is 7.47. The Morgan fingerprint density at radius 1 is 1.08 bits per heavy atom. The highest BCUT2D eigenvalue weighted by Crippen LogP contribution is 2.24. The maximum atomic E-state index is 12.7. The lowest BCUT2D eigenvalue weighted by Crippen LogP contribution is -2.37. The van der Waals surface area contributed by atoms with E-state index < -0.39 is 10.0 Å². The van der Waals surface area contributed by atoms with Crippen LogP contribution in [-0.2, 0) is 10.0 Å². The van der Waals surface area contributed by atoms with E-state index in [2.05, 4.69) is 34.8 Å². The van der Waals surface area contributed by atoms with Crippen molar-refractivity contribution in [2.45, 2.75) is 24.7 Å². The maximum absolute atomic E-state index is 12.7. The normalized spacial score (nSPS) is 16.4. The smallest absolute Gasteiger partial charge is 0.255 e. The number of carbonyl (C=O) groups is 1. The molecule has 3 rings (SSSR count). The van der Waals surface area contributed by atoms with E-state index in [1.165, 1.54) is 16.4 Å². The van der Waals surface area contributed by atoms with Gasteiger partial charge in [-0.05, 0) is 77.7 Å². The summed E-state index contributed by atoms with van der Waals surface area (Å²) in [6.07, 6.45) is 1.77. The van der Waals surface area contributed by atoms with Gasteiger partial charge in [-0.15, -0.1) is 0 Å². The zero-order chi connectivity index (χ0) is 18.7. The van der Waals surface area contributed by atoms with E-state index in [4.69, 9.17) is 0 Å². The number of nitrogens with zero attached hydrogens (tertiary/aromatic N) is 1. The lowest BCUT2D eigenvalue weighted by molar-refractivity contribution is 0.102. The Morgan fingerprint density at radius 3 is 2.31 bits per heavy atom. The fourth-order valence-electron chi connectivity index (χ4n) is 2.91. The average molecular weight is 484 g/mol. The van der Waals surface area contributed by atoms with Crippen LogP contribution in [0.15, 0.2) is 53.4 Å². The first kappa shape index (κ1) is 19.3. The zero-order valence-corrected chi connectivity index (χ0v) is 17.5. The molecular formula is C19H21IN2O3S. The highest BCUT2D eigenvalue weighted by atomic mass is 127. The molecule has 1 amide bonds. The number of sulfonamides is 1. The Kier molecular flexibility index (Phi) is 5.99. The third kappa shape index (κ3) is 4.27. The lowest BCUT2D eigenvalue weighted by Gasteiger charge is -2.29. The summed E-state index contributed by atoms with van der Waals surface area (Å²) >= 11 is 2.16. The molecule has 7 heteroatoms. The molecule has 5 nitrogen and oxygen atoms in total. The molecule has 1 heterocycles. The SMILES string of the molecule is CC1CCN(S(=O)(=O)c2ccc(C(=O)Nc3ccccc3I)cc2)CC1. The van der Waals surface area contributed by atoms with Crippen molar-refractivity contribution in [2.24, 2.45) is 5.92 Å². The van der Waals surface area contributed by atoms with Crippen LogP contribution in [0, 0.1) is 9.49 Å². The number of benzene rings is 2. The monoisotopic (exact) mass is 484 g/mol. The first-order valence-corrected chi connectivity index (χ1v) is 11.1. The van der Waals surface area contributed by atoms with Crippen molar-refractivity contribution in [3.8, 4) is 0 Å². The van der Waals surface area contributed by atoms with Gasteiger partial charge < -0.3 is 5.32 Å². The van der Waals surface area contributed by atoms with Gasteiger partial charge in [0.05, 0.1) is 10.6 Å². The van der Waals surface area contributed by atoms with Gasteiger partial charge in [0.2, 0.25) is 10.0 Å². The number of hydrogen-bond acceptors (Lipinski definition) is 3. The number of piperidine rings is 1. The molecule has 0 aliphatic carbocycles. The van der Waals surface area contributed by atoms with Crippen LogP contribution >= 0.6 is 22.6 Å². The largest absolute Gasteiger partial charge is 0.321 e. The molecule has 2 aromatic rings. The molecule has 0 radical (unpaired) electrons. The van der Waals surface area contributed by atoms with Gasteiger partial charge in [-0.2, -0.15) is 4.31 Å². The Labute approximate surface area is 168 Å². The van der Waals surface area contributed by atoms with Crippen LogP contribution in [0.1, 0.15) is 30.1 Å². The molecule has 0 saturated carbocycles.